The first-order chi connectivity index (χ1) is 9.27. The van der Waals surface area contributed by atoms with Crippen LogP contribution in [-0.2, 0) is 16.2 Å². The maximum absolute atomic E-state index is 12.0. The first-order valence-corrected chi connectivity index (χ1v) is 6.16. The second-order valence-electron chi connectivity index (χ2n) is 3.83. The highest BCUT2D eigenvalue weighted by molar-refractivity contribution is 5.87. The van der Waals surface area contributed by atoms with Gasteiger partial charge in [-0.1, -0.05) is 54.6 Å². The Balaban J connectivity index is 2.70. The van der Waals surface area contributed by atoms with Crippen LogP contribution in [0.2, 0.25) is 0 Å². The standard InChI is InChI=1S/C16H19NO2/c1-3-5-7-12-16(18)17(19-13-4-2)14-15-10-8-6-9-11-15/h3-12H,2,13-14H2,1H3/b5-3+,12-7+. The highest BCUT2D eigenvalue weighted by Gasteiger charge is 2.11. The smallest absolute Gasteiger partial charge is 0.267 e. The number of benzene rings is 1. The van der Waals surface area contributed by atoms with Crippen LogP contribution in [0.3, 0.4) is 0 Å². The summed E-state index contributed by atoms with van der Waals surface area (Å²) in [5.74, 6) is -0.191. The van der Waals surface area contributed by atoms with Gasteiger partial charge in [-0.25, -0.2) is 5.06 Å². The van der Waals surface area contributed by atoms with Gasteiger partial charge >= 0.3 is 0 Å². The van der Waals surface area contributed by atoms with Gasteiger partial charge in [-0.2, -0.15) is 0 Å². The lowest BCUT2D eigenvalue weighted by Gasteiger charge is -2.19. The monoisotopic (exact) mass is 257 g/mol. The summed E-state index contributed by atoms with van der Waals surface area (Å²) < 4.78 is 0. The molecule has 0 aliphatic rings. The molecule has 0 bridgehead atoms. The normalized spacial score (nSPS) is 11.0. The molecule has 1 aromatic carbocycles. The van der Waals surface area contributed by atoms with E-state index in [1.165, 1.54) is 11.1 Å². The van der Waals surface area contributed by atoms with Crippen molar-refractivity contribution >= 4 is 5.91 Å². The van der Waals surface area contributed by atoms with Gasteiger partial charge in [-0.05, 0) is 12.5 Å². The number of carbonyl (C=O) groups excluding carboxylic acids is 1. The van der Waals surface area contributed by atoms with Crippen LogP contribution >= 0.6 is 0 Å². The number of hydrogen-bond acceptors (Lipinski definition) is 2. The SMILES string of the molecule is C=CCON(Cc1ccccc1)C(=O)/C=C/C=C/C. The molecule has 100 valence electrons. The van der Waals surface area contributed by atoms with Crippen molar-refractivity contribution in [3.63, 3.8) is 0 Å². The van der Waals surface area contributed by atoms with E-state index in [9.17, 15) is 4.79 Å². The molecule has 19 heavy (non-hydrogen) atoms. The Morgan fingerprint density at radius 1 is 1.32 bits per heavy atom. The van der Waals surface area contributed by atoms with Crippen LogP contribution in [0, 0.1) is 0 Å². The van der Waals surface area contributed by atoms with E-state index in [1.54, 1.807) is 18.2 Å². The average molecular weight is 257 g/mol. The molecule has 0 saturated carbocycles. The fourth-order valence-electron chi connectivity index (χ4n) is 1.41. The zero-order valence-corrected chi connectivity index (χ0v) is 11.2. The molecule has 0 aromatic heterocycles. The molecule has 0 N–H and O–H groups in total. The van der Waals surface area contributed by atoms with Crippen molar-refractivity contribution in [2.24, 2.45) is 0 Å². The van der Waals surface area contributed by atoms with Gasteiger partial charge < -0.3 is 0 Å². The zero-order valence-electron chi connectivity index (χ0n) is 11.2. The molecule has 0 unspecified atom stereocenters. The molecular weight excluding hydrogens is 238 g/mol. The predicted molar refractivity (Wildman–Crippen MR) is 77.1 cm³/mol. The maximum atomic E-state index is 12.0. The Hall–Kier alpha value is -2.13. The summed E-state index contributed by atoms with van der Waals surface area (Å²) in [4.78, 5) is 17.4. The summed E-state index contributed by atoms with van der Waals surface area (Å²) in [5.41, 5.74) is 1.01. The van der Waals surface area contributed by atoms with Gasteiger partial charge in [0.1, 0.15) is 0 Å². The third-order valence-electron chi connectivity index (χ3n) is 2.31. The van der Waals surface area contributed by atoms with Crippen molar-refractivity contribution in [1.82, 2.24) is 5.06 Å². The largest absolute Gasteiger partial charge is 0.270 e. The lowest BCUT2D eigenvalue weighted by atomic mass is 10.2. The van der Waals surface area contributed by atoms with E-state index in [-0.39, 0.29) is 5.91 Å². The highest BCUT2D eigenvalue weighted by Crippen LogP contribution is 2.06. The third-order valence-corrected chi connectivity index (χ3v) is 2.31. The Morgan fingerprint density at radius 3 is 2.68 bits per heavy atom. The van der Waals surface area contributed by atoms with Gasteiger partial charge in [0.05, 0.1) is 13.2 Å². The molecule has 0 aliphatic carbocycles. The van der Waals surface area contributed by atoms with Crippen LogP contribution in [0.25, 0.3) is 0 Å². The number of hydrogen-bond donors (Lipinski definition) is 0. The molecule has 1 aromatic rings. The number of hydroxylamine groups is 2. The minimum atomic E-state index is -0.191. The second-order valence-corrected chi connectivity index (χ2v) is 3.83. The van der Waals surface area contributed by atoms with E-state index in [4.69, 9.17) is 4.84 Å². The fraction of sp³-hybridized carbons (Fsp3) is 0.188. The van der Waals surface area contributed by atoms with Crippen LogP contribution in [0.15, 0.2) is 67.3 Å². The molecular formula is C16H19NO2. The molecule has 0 aliphatic heterocycles. The minimum absolute atomic E-state index is 0.191. The Morgan fingerprint density at radius 2 is 2.05 bits per heavy atom. The summed E-state index contributed by atoms with van der Waals surface area (Å²) in [7, 11) is 0. The van der Waals surface area contributed by atoms with Crippen LogP contribution in [-0.4, -0.2) is 17.6 Å². The van der Waals surface area contributed by atoms with Gasteiger partial charge in [0.25, 0.3) is 5.91 Å². The van der Waals surface area contributed by atoms with Crippen LogP contribution in [0.4, 0.5) is 0 Å². The first-order valence-electron chi connectivity index (χ1n) is 6.16. The zero-order chi connectivity index (χ0) is 13.9. The van der Waals surface area contributed by atoms with Gasteiger partial charge in [-0.3, -0.25) is 9.63 Å². The van der Waals surface area contributed by atoms with E-state index in [0.717, 1.165) is 5.56 Å². The van der Waals surface area contributed by atoms with E-state index in [1.807, 2.05) is 43.3 Å². The number of rotatable bonds is 7. The lowest BCUT2D eigenvalue weighted by molar-refractivity contribution is -0.180. The van der Waals surface area contributed by atoms with Gasteiger partial charge in [-0.15, -0.1) is 6.58 Å². The molecule has 1 rings (SSSR count). The summed E-state index contributed by atoms with van der Waals surface area (Å²) in [6, 6.07) is 9.70. The van der Waals surface area contributed by atoms with E-state index >= 15 is 0 Å². The van der Waals surface area contributed by atoms with Gasteiger partial charge in [0, 0.05) is 6.08 Å². The molecule has 0 fully saturated rings. The number of allylic oxidation sites excluding steroid dienone is 3. The molecule has 3 nitrogen and oxygen atoms in total. The molecule has 0 spiro atoms. The third kappa shape index (κ3) is 5.84. The maximum Gasteiger partial charge on any atom is 0.270 e. The van der Waals surface area contributed by atoms with Crippen molar-refractivity contribution in [2.75, 3.05) is 6.61 Å². The number of nitrogens with zero attached hydrogens (tertiary/aromatic N) is 1. The van der Waals surface area contributed by atoms with Crippen LogP contribution in [0.1, 0.15) is 12.5 Å². The second kappa shape index (κ2) is 8.89. The minimum Gasteiger partial charge on any atom is -0.267 e. The topological polar surface area (TPSA) is 29.5 Å². The van der Waals surface area contributed by atoms with E-state index in [2.05, 4.69) is 6.58 Å². The van der Waals surface area contributed by atoms with Gasteiger partial charge in [0.15, 0.2) is 0 Å². The quantitative estimate of drug-likeness (QED) is 0.325. The van der Waals surface area contributed by atoms with Crippen molar-refractivity contribution in [3.05, 3.63) is 72.9 Å². The Bertz CT molecular complexity index is 449. The van der Waals surface area contributed by atoms with Crippen molar-refractivity contribution in [1.29, 1.82) is 0 Å². The van der Waals surface area contributed by atoms with Gasteiger partial charge in [0.2, 0.25) is 0 Å². The molecule has 3 heteroatoms. The molecule has 0 atom stereocenters. The Labute approximate surface area is 114 Å². The molecule has 0 heterocycles. The van der Waals surface area contributed by atoms with E-state index < -0.39 is 0 Å². The van der Waals surface area contributed by atoms with Crippen molar-refractivity contribution < 1.29 is 9.63 Å². The van der Waals surface area contributed by atoms with Crippen LogP contribution in [0.5, 0.6) is 0 Å². The van der Waals surface area contributed by atoms with Crippen molar-refractivity contribution in [3.8, 4) is 0 Å². The first kappa shape index (κ1) is 14.9. The number of carbonyl (C=O) groups is 1. The van der Waals surface area contributed by atoms with Crippen molar-refractivity contribution in [2.45, 2.75) is 13.5 Å². The Kier molecular flexibility index (Phi) is 6.98. The fourth-order valence-corrected chi connectivity index (χ4v) is 1.41. The molecule has 0 saturated heterocycles. The van der Waals surface area contributed by atoms with Crippen LogP contribution < -0.4 is 0 Å². The van der Waals surface area contributed by atoms with E-state index in [0.29, 0.717) is 13.2 Å². The molecule has 0 radical (unpaired) electrons. The summed E-state index contributed by atoms with van der Waals surface area (Å²) in [6.45, 7) is 6.19. The molecule has 1 amide bonds. The lowest BCUT2D eigenvalue weighted by Crippen LogP contribution is -2.29. The summed E-state index contributed by atoms with van der Waals surface area (Å²) in [5, 5.41) is 1.33. The average Bonchev–Trinajstić information content (AvgIpc) is 2.44. The summed E-state index contributed by atoms with van der Waals surface area (Å²) in [6.07, 6.45) is 8.44. The highest BCUT2D eigenvalue weighted by atomic mass is 16.7. The predicted octanol–water partition coefficient (Wildman–Crippen LogP) is 3.27. The number of amides is 1. The summed E-state index contributed by atoms with van der Waals surface area (Å²) >= 11 is 0.